The summed E-state index contributed by atoms with van der Waals surface area (Å²) < 4.78 is 1.90. The van der Waals surface area contributed by atoms with Gasteiger partial charge in [0, 0.05) is 29.9 Å². The van der Waals surface area contributed by atoms with E-state index in [-0.39, 0.29) is 11.2 Å². The van der Waals surface area contributed by atoms with Gasteiger partial charge in [-0.1, -0.05) is 41.6 Å². The summed E-state index contributed by atoms with van der Waals surface area (Å²) >= 11 is 7.36. The number of amides is 1. The second kappa shape index (κ2) is 8.59. The predicted octanol–water partition coefficient (Wildman–Crippen LogP) is 4.67. The van der Waals surface area contributed by atoms with Crippen LogP contribution in [0, 0.1) is 0 Å². The van der Waals surface area contributed by atoms with Crippen LogP contribution in [0.5, 0.6) is 0 Å². The van der Waals surface area contributed by atoms with E-state index in [2.05, 4.69) is 10.2 Å². The Labute approximate surface area is 168 Å². The Morgan fingerprint density at radius 2 is 1.81 bits per heavy atom. The van der Waals surface area contributed by atoms with Crippen molar-refractivity contribution in [2.24, 2.45) is 7.05 Å². The number of carbonyl (C=O) groups excluding carboxylic acids is 1. The number of para-hydroxylation sites is 1. The Kier molecular flexibility index (Phi) is 6.19. The zero-order valence-corrected chi connectivity index (χ0v) is 17.0. The van der Waals surface area contributed by atoms with Gasteiger partial charge in [-0.15, -0.1) is 10.2 Å². The number of carbonyl (C=O) groups is 1. The van der Waals surface area contributed by atoms with E-state index in [4.69, 9.17) is 11.6 Å². The van der Waals surface area contributed by atoms with Gasteiger partial charge in [0.25, 0.3) is 0 Å². The summed E-state index contributed by atoms with van der Waals surface area (Å²) in [5, 5.41) is 9.63. The summed E-state index contributed by atoms with van der Waals surface area (Å²) in [5.41, 5.74) is 1.83. The monoisotopic (exact) mass is 400 g/mol. The van der Waals surface area contributed by atoms with Crippen molar-refractivity contribution in [1.82, 2.24) is 14.8 Å². The fraction of sp³-hybridized carbons (Fsp3) is 0.250. The third kappa shape index (κ3) is 4.34. The highest BCUT2D eigenvalue weighted by Gasteiger charge is 2.24. The Morgan fingerprint density at radius 1 is 1.15 bits per heavy atom. The smallest absolute Gasteiger partial charge is 0.240 e. The predicted molar refractivity (Wildman–Crippen MR) is 111 cm³/mol. The van der Waals surface area contributed by atoms with Crippen LogP contribution in [-0.2, 0) is 11.8 Å². The summed E-state index contributed by atoms with van der Waals surface area (Å²) in [4.78, 5) is 14.7. The first kappa shape index (κ1) is 19.5. The highest BCUT2D eigenvalue weighted by Crippen LogP contribution is 2.28. The third-order valence-corrected chi connectivity index (χ3v) is 5.59. The standard InChI is InChI=1S/C20H21ClN4OS/c1-4-25(17-8-6-5-7-9-17)19(26)14(2)27-20-23-22-18(24(20)3)15-10-12-16(21)13-11-15/h5-14H,4H2,1-3H3/t14-/m1/s1. The first-order valence-electron chi connectivity index (χ1n) is 8.69. The summed E-state index contributed by atoms with van der Waals surface area (Å²) in [6, 6.07) is 17.2. The van der Waals surface area contributed by atoms with Crippen molar-refractivity contribution in [1.29, 1.82) is 0 Å². The number of rotatable bonds is 6. The average Bonchev–Trinajstić information content (AvgIpc) is 3.04. The van der Waals surface area contributed by atoms with Crippen LogP contribution in [0.2, 0.25) is 5.02 Å². The maximum atomic E-state index is 12.9. The summed E-state index contributed by atoms with van der Waals surface area (Å²) in [6.07, 6.45) is 0. The lowest BCUT2D eigenvalue weighted by molar-refractivity contribution is -0.117. The summed E-state index contributed by atoms with van der Waals surface area (Å²) in [6.45, 7) is 4.49. The van der Waals surface area contributed by atoms with Crippen molar-refractivity contribution in [3.05, 3.63) is 59.6 Å². The lowest BCUT2D eigenvalue weighted by Crippen LogP contribution is -2.36. The molecule has 3 aromatic rings. The zero-order valence-electron chi connectivity index (χ0n) is 15.5. The molecule has 1 atom stereocenters. The molecule has 5 nitrogen and oxygen atoms in total. The number of anilines is 1. The van der Waals surface area contributed by atoms with Gasteiger partial charge in [0.15, 0.2) is 11.0 Å². The average molecular weight is 401 g/mol. The van der Waals surface area contributed by atoms with E-state index in [0.29, 0.717) is 16.7 Å². The van der Waals surface area contributed by atoms with Crippen LogP contribution in [0.25, 0.3) is 11.4 Å². The Morgan fingerprint density at radius 3 is 2.44 bits per heavy atom. The van der Waals surface area contributed by atoms with Gasteiger partial charge < -0.3 is 9.47 Å². The van der Waals surface area contributed by atoms with Gasteiger partial charge in [0.05, 0.1) is 5.25 Å². The largest absolute Gasteiger partial charge is 0.312 e. The summed E-state index contributed by atoms with van der Waals surface area (Å²) in [7, 11) is 1.90. The Hall–Kier alpha value is -2.31. The van der Waals surface area contributed by atoms with E-state index in [1.165, 1.54) is 11.8 Å². The van der Waals surface area contributed by atoms with Crippen LogP contribution >= 0.6 is 23.4 Å². The molecule has 27 heavy (non-hydrogen) atoms. The van der Waals surface area contributed by atoms with Crippen molar-refractivity contribution >= 4 is 35.0 Å². The van der Waals surface area contributed by atoms with Crippen molar-refractivity contribution < 1.29 is 4.79 Å². The molecule has 0 bridgehead atoms. The number of nitrogens with zero attached hydrogens (tertiary/aromatic N) is 4. The van der Waals surface area contributed by atoms with Crippen LogP contribution in [0.4, 0.5) is 5.69 Å². The van der Waals surface area contributed by atoms with E-state index in [9.17, 15) is 4.79 Å². The van der Waals surface area contributed by atoms with Crippen LogP contribution in [-0.4, -0.2) is 32.5 Å². The SMILES string of the molecule is CCN(C(=O)[C@@H](C)Sc1nnc(-c2ccc(Cl)cc2)n1C)c1ccccc1. The summed E-state index contributed by atoms with van der Waals surface area (Å²) in [5.74, 6) is 0.786. The molecule has 7 heteroatoms. The van der Waals surface area contributed by atoms with Crippen LogP contribution in [0.3, 0.4) is 0 Å². The molecular formula is C20H21ClN4OS. The van der Waals surface area contributed by atoms with Crippen LogP contribution in [0.15, 0.2) is 59.8 Å². The molecule has 0 aliphatic carbocycles. The van der Waals surface area contributed by atoms with E-state index < -0.39 is 0 Å². The van der Waals surface area contributed by atoms with Gasteiger partial charge in [-0.05, 0) is 50.2 Å². The van der Waals surface area contributed by atoms with Gasteiger partial charge in [-0.2, -0.15) is 0 Å². The second-order valence-electron chi connectivity index (χ2n) is 6.05. The van der Waals surface area contributed by atoms with E-state index in [1.54, 1.807) is 4.90 Å². The lowest BCUT2D eigenvalue weighted by Gasteiger charge is -2.24. The van der Waals surface area contributed by atoms with Crippen LogP contribution in [0.1, 0.15) is 13.8 Å². The number of aromatic nitrogens is 3. The number of halogens is 1. The number of hydrogen-bond acceptors (Lipinski definition) is 4. The van der Waals surface area contributed by atoms with Gasteiger partial charge in [0.1, 0.15) is 0 Å². The molecule has 0 aliphatic rings. The molecule has 0 radical (unpaired) electrons. The quantitative estimate of drug-likeness (QED) is 0.564. The first-order valence-corrected chi connectivity index (χ1v) is 9.95. The molecule has 1 aromatic heterocycles. The molecule has 1 amide bonds. The van der Waals surface area contributed by atoms with Crippen molar-refractivity contribution in [3.8, 4) is 11.4 Å². The molecule has 0 saturated carbocycles. The first-order chi connectivity index (χ1) is 13.0. The van der Waals surface area contributed by atoms with Crippen molar-refractivity contribution in [3.63, 3.8) is 0 Å². The minimum absolute atomic E-state index is 0.0461. The molecule has 0 N–H and O–H groups in total. The topological polar surface area (TPSA) is 51.0 Å². The fourth-order valence-electron chi connectivity index (χ4n) is 2.77. The maximum absolute atomic E-state index is 12.9. The van der Waals surface area contributed by atoms with Gasteiger partial charge in [0.2, 0.25) is 5.91 Å². The van der Waals surface area contributed by atoms with Crippen molar-refractivity contribution in [2.45, 2.75) is 24.3 Å². The highest BCUT2D eigenvalue weighted by molar-refractivity contribution is 8.00. The van der Waals surface area contributed by atoms with Gasteiger partial charge >= 0.3 is 0 Å². The fourth-order valence-corrected chi connectivity index (χ4v) is 3.77. The molecule has 0 unspecified atom stereocenters. The minimum atomic E-state index is -0.286. The Bertz CT molecular complexity index is 911. The third-order valence-electron chi connectivity index (χ3n) is 4.22. The highest BCUT2D eigenvalue weighted by atomic mass is 35.5. The zero-order chi connectivity index (χ0) is 19.4. The van der Waals surface area contributed by atoms with Crippen molar-refractivity contribution in [2.75, 3.05) is 11.4 Å². The molecule has 0 saturated heterocycles. The van der Waals surface area contributed by atoms with Gasteiger partial charge in [-0.3, -0.25) is 4.79 Å². The normalized spacial score (nSPS) is 12.0. The lowest BCUT2D eigenvalue weighted by atomic mass is 10.2. The second-order valence-corrected chi connectivity index (χ2v) is 7.79. The molecule has 0 aliphatic heterocycles. The number of benzene rings is 2. The molecule has 0 fully saturated rings. The van der Waals surface area contributed by atoms with E-state index in [0.717, 1.165) is 17.1 Å². The molecule has 0 spiro atoms. The molecule has 140 valence electrons. The molecule has 1 heterocycles. The molecule has 3 rings (SSSR count). The number of hydrogen-bond donors (Lipinski definition) is 0. The number of thioether (sulfide) groups is 1. The maximum Gasteiger partial charge on any atom is 0.240 e. The van der Waals surface area contributed by atoms with Gasteiger partial charge in [-0.25, -0.2) is 0 Å². The van der Waals surface area contributed by atoms with Crippen LogP contribution < -0.4 is 4.90 Å². The molecule has 2 aromatic carbocycles. The minimum Gasteiger partial charge on any atom is -0.312 e. The van der Waals surface area contributed by atoms with E-state index >= 15 is 0 Å². The Balaban J connectivity index is 1.77. The van der Waals surface area contributed by atoms with E-state index in [1.807, 2.05) is 80.1 Å². The molecular weight excluding hydrogens is 380 g/mol.